The number of amides is 1. The van der Waals surface area contributed by atoms with Gasteiger partial charge in [-0.25, -0.2) is 0 Å². The Morgan fingerprint density at radius 2 is 1.87 bits per heavy atom. The predicted octanol–water partition coefficient (Wildman–Crippen LogP) is 3.18. The summed E-state index contributed by atoms with van der Waals surface area (Å²) in [5.41, 5.74) is 5.79. The van der Waals surface area contributed by atoms with E-state index in [1.807, 2.05) is 4.90 Å². The second-order valence-corrected chi connectivity index (χ2v) is 6.23. The highest BCUT2D eigenvalue weighted by molar-refractivity contribution is 5.85. The molecule has 2 N–H and O–H groups in total. The second kappa shape index (κ2) is 6.69. The zero-order valence-corrected chi connectivity index (χ0v) is 13.4. The van der Waals surface area contributed by atoms with Crippen LogP contribution in [0, 0.1) is 5.92 Å². The van der Waals surface area contributed by atoms with Crippen molar-refractivity contribution in [3.8, 4) is 0 Å². The van der Waals surface area contributed by atoms with Crippen molar-refractivity contribution in [1.29, 1.82) is 0 Å². The fourth-order valence-electron chi connectivity index (χ4n) is 3.14. The van der Waals surface area contributed by atoms with Crippen LogP contribution in [0.2, 0.25) is 0 Å². The highest BCUT2D eigenvalue weighted by Crippen LogP contribution is 2.49. The fraction of sp³-hybridized carbons (Fsp3) is 0.562. The minimum absolute atomic E-state index is 0. The molecule has 1 saturated carbocycles. The molecule has 3 rings (SSSR count). The fourth-order valence-corrected chi connectivity index (χ4v) is 3.14. The van der Waals surface area contributed by atoms with Crippen LogP contribution in [-0.2, 0) is 11.0 Å². The SMILES string of the molecule is Cl.NC1CCN(C(=O)C2CC2c2cccc(C(F)(F)F)c2)CC1. The lowest BCUT2D eigenvalue weighted by Crippen LogP contribution is -2.43. The molecule has 128 valence electrons. The first-order chi connectivity index (χ1) is 10.4. The standard InChI is InChI=1S/C16H19F3N2O.ClH/c17-16(18,19)11-3-1-2-10(8-11)13-9-14(13)15(22)21-6-4-12(20)5-7-21;/h1-3,8,12-14H,4-7,9,20H2;1H. The Balaban J connectivity index is 0.00000192. The van der Waals surface area contributed by atoms with Gasteiger partial charge in [-0.05, 0) is 36.8 Å². The molecule has 1 amide bonds. The van der Waals surface area contributed by atoms with Gasteiger partial charge >= 0.3 is 6.18 Å². The molecule has 3 nitrogen and oxygen atoms in total. The average Bonchev–Trinajstić information content (AvgIpc) is 3.27. The van der Waals surface area contributed by atoms with Crippen molar-refractivity contribution in [2.45, 2.75) is 37.4 Å². The Hall–Kier alpha value is -1.27. The van der Waals surface area contributed by atoms with Crippen molar-refractivity contribution in [3.63, 3.8) is 0 Å². The van der Waals surface area contributed by atoms with Gasteiger partial charge in [-0.2, -0.15) is 13.2 Å². The Morgan fingerprint density at radius 3 is 2.48 bits per heavy atom. The Bertz CT molecular complexity index is 571. The minimum atomic E-state index is -4.34. The molecule has 2 atom stereocenters. The normalized spacial score (nSPS) is 25.0. The average molecular weight is 349 g/mol. The number of hydrogen-bond acceptors (Lipinski definition) is 2. The van der Waals surface area contributed by atoms with Gasteiger partial charge in [-0.1, -0.05) is 18.2 Å². The molecule has 2 fully saturated rings. The van der Waals surface area contributed by atoms with Crippen molar-refractivity contribution in [2.24, 2.45) is 11.7 Å². The Kier molecular flexibility index (Phi) is 5.26. The summed E-state index contributed by atoms with van der Waals surface area (Å²) in [6.45, 7) is 1.32. The predicted molar refractivity (Wildman–Crippen MR) is 83.3 cm³/mol. The first-order valence-corrected chi connectivity index (χ1v) is 7.58. The molecule has 1 aromatic rings. The molecule has 1 saturated heterocycles. The smallest absolute Gasteiger partial charge is 0.342 e. The summed E-state index contributed by atoms with van der Waals surface area (Å²) in [6.07, 6.45) is -2.10. The number of carbonyl (C=O) groups is 1. The van der Waals surface area contributed by atoms with Gasteiger partial charge in [-0.15, -0.1) is 12.4 Å². The summed E-state index contributed by atoms with van der Waals surface area (Å²) in [7, 11) is 0. The van der Waals surface area contributed by atoms with E-state index in [1.54, 1.807) is 6.07 Å². The number of likely N-dealkylation sites (tertiary alicyclic amines) is 1. The van der Waals surface area contributed by atoms with Crippen LogP contribution in [0.3, 0.4) is 0 Å². The summed E-state index contributed by atoms with van der Waals surface area (Å²) in [5, 5.41) is 0. The molecule has 1 aliphatic carbocycles. The summed E-state index contributed by atoms with van der Waals surface area (Å²) in [4.78, 5) is 14.2. The molecule has 1 heterocycles. The maximum Gasteiger partial charge on any atom is 0.416 e. The van der Waals surface area contributed by atoms with E-state index >= 15 is 0 Å². The monoisotopic (exact) mass is 348 g/mol. The molecule has 0 spiro atoms. The Labute approximate surface area is 139 Å². The third-order valence-electron chi connectivity index (χ3n) is 4.60. The van der Waals surface area contributed by atoms with Crippen molar-refractivity contribution < 1.29 is 18.0 Å². The first-order valence-electron chi connectivity index (χ1n) is 7.58. The Morgan fingerprint density at radius 1 is 1.22 bits per heavy atom. The van der Waals surface area contributed by atoms with E-state index in [2.05, 4.69) is 0 Å². The number of alkyl halides is 3. The molecule has 2 unspecified atom stereocenters. The number of rotatable bonds is 2. The maximum atomic E-state index is 12.7. The number of carbonyl (C=O) groups excluding carboxylic acids is 1. The van der Waals surface area contributed by atoms with Crippen LogP contribution < -0.4 is 5.73 Å². The summed E-state index contributed by atoms with van der Waals surface area (Å²) in [5.74, 6) is -0.183. The van der Waals surface area contributed by atoms with Crippen molar-refractivity contribution in [2.75, 3.05) is 13.1 Å². The molecule has 2 aliphatic rings. The van der Waals surface area contributed by atoms with Crippen LogP contribution in [0.25, 0.3) is 0 Å². The zero-order chi connectivity index (χ0) is 15.9. The van der Waals surface area contributed by atoms with E-state index < -0.39 is 11.7 Å². The lowest BCUT2D eigenvalue weighted by molar-refractivity contribution is -0.137. The van der Waals surface area contributed by atoms with Crippen molar-refractivity contribution >= 4 is 18.3 Å². The first kappa shape index (κ1) is 18.1. The van der Waals surface area contributed by atoms with E-state index in [0.29, 0.717) is 25.1 Å². The van der Waals surface area contributed by atoms with E-state index in [4.69, 9.17) is 5.73 Å². The number of nitrogens with zero attached hydrogens (tertiary/aromatic N) is 1. The molecule has 1 aromatic carbocycles. The van der Waals surface area contributed by atoms with Gasteiger partial charge in [-0.3, -0.25) is 4.79 Å². The maximum absolute atomic E-state index is 12.7. The van der Waals surface area contributed by atoms with Gasteiger partial charge in [0.15, 0.2) is 0 Å². The lowest BCUT2D eigenvalue weighted by atomic mass is 10.0. The van der Waals surface area contributed by atoms with E-state index in [0.717, 1.165) is 18.9 Å². The molecule has 7 heteroatoms. The second-order valence-electron chi connectivity index (χ2n) is 6.23. The van der Waals surface area contributed by atoms with Crippen LogP contribution in [0.15, 0.2) is 24.3 Å². The van der Waals surface area contributed by atoms with E-state index in [-0.39, 0.29) is 36.2 Å². The number of piperidine rings is 1. The number of nitrogens with two attached hydrogens (primary N) is 1. The largest absolute Gasteiger partial charge is 0.416 e. The molecule has 23 heavy (non-hydrogen) atoms. The third-order valence-corrected chi connectivity index (χ3v) is 4.60. The number of halogens is 4. The van der Waals surface area contributed by atoms with Gasteiger partial charge < -0.3 is 10.6 Å². The highest BCUT2D eigenvalue weighted by Gasteiger charge is 2.46. The third kappa shape index (κ3) is 3.98. The molecule has 0 bridgehead atoms. The van der Waals surface area contributed by atoms with Crippen molar-refractivity contribution in [1.82, 2.24) is 4.90 Å². The molecule has 0 radical (unpaired) electrons. The van der Waals surface area contributed by atoms with E-state index in [1.165, 1.54) is 12.1 Å². The van der Waals surface area contributed by atoms with Crippen LogP contribution in [0.4, 0.5) is 13.2 Å². The van der Waals surface area contributed by atoms with Gasteiger partial charge in [0, 0.05) is 25.0 Å². The topological polar surface area (TPSA) is 46.3 Å². The van der Waals surface area contributed by atoms with Gasteiger partial charge in [0.1, 0.15) is 0 Å². The van der Waals surface area contributed by atoms with Crippen LogP contribution in [0.5, 0.6) is 0 Å². The van der Waals surface area contributed by atoms with Crippen LogP contribution in [0.1, 0.15) is 36.3 Å². The van der Waals surface area contributed by atoms with Crippen LogP contribution in [-0.4, -0.2) is 29.9 Å². The lowest BCUT2D eigenvalue weighted by Gasteiger charge is -2.30. The number of benzene rings is 1. The van der Waals surface area contributed by atoms with Gasteiger partial charge in [0.2, 0.25) is 5.91 Å². The molecular weight excluding hydrogens is 329 g/mol. The molecule has 1 aliphatic heterocycles. The van der Waals surface area contributed by atoms with E-state index in [9.17, 15) is 18.0 Å². The molecule has 0 aromatic heterocycles. The van der Waals surface area contributed by atoms with Crippen LogP contribution >= 0.6 is 12.4 Å². The van der Waals surface area contributed by atoms with Crippen molar-refractivity contribution in [3.05, 3.63) is 35.4 Å². The summed E-state index contributed by atoms with van der Waals surface area (Å²) >= 11 is 0. The molecular formula is C16H20ClF3N2O. The zero-order valence-electron chi connectivity index (χ0n) is 12.6. The summed E-state index contributed by atoms with van der Waals surface area (Å²) in [6, 6.07) is 5.48. The van der Waals surface area contributed by atoms with Gasteiger partial charge in [0.25, 0.3) is 0 Å². The van der Waals surface area contributed by atoms with Gasteiger partial charge in [0.05, 0.1) is 5.56 Å². The number of hydrogen-bond donors (Lipinski definition) is 1. The summed E-state index contributed by atoms with van der Waals surface area (Å²) < 4.78 is 38.2. The minimum Gasteiger partial charge on any atom is -0.342 e. The highest BCUT2D eigenvalue weighted by atomic mass is 35.5. The quantitative estimate of drug-likeness (QED) is 0.892.